The summed E-state index contributed by atoms with van der Waals surface area (Å²) in [7, 11) is 0. The summed E-state index contributed by atoms with van der Waals surface area (Å²) in [5.74, 6) is -0.655. The summed E-state index contributed by atoms with van der Waals surface area (Å²) in [6, 6.07) is 0.0797. The van der Waals surface area contributed by atoms with Gasteiger partial charge in [-0.3, -0.25) is 9.48 Å². The van der Waals surface area contributed by atoms with Crippen molar-refractivity contribution in [2.75, 3.05) is 18.4 Å². The zero-order valence-electron chi connectivity index (χ0n) is 15.2. The van der Waals surface area contributed by atoms with Crippen molar-refractivity contribution in [3.8, 4) is 0 Å². The van der Waals surface area contributed by atoms with E-state index in [0.29, 0.717) is 24.9 Å². The molecular weight excluding hydrogens is 320 g/mol. The Balaban J connectivity index is 1.74. The summed E-state index contributed by atoms with van der Waals surface area (Å²) in [5, 5.41) is 16.8. The largest absolute Gasteiger partial charge is 0.481 e. The first kappa shape index (κ1) is 17.8. The summed E-state index contributed by atoms with van der Waals surface area (Å²) in [6.45, 7) is 7.11. The minimum absolute atomic E-state index is 0.186. The van der Waals surface area contributed by atoms with Crippen LogP contribution in [0, 0.1) is 11.8 Å². The summed E-state index contributed by atoms with van der Waals surface area (Å²) in [6.07, 6.45) is 5.61. The first-order chi connectivity index (χ1) is 11.9. The number of urea groups is 1. The van der Waals surface area contributed by atoms with Gasteiger partial charge in [-0.05, 0) is 38.5 Å². The first-order valence-electron chi connectivity index (χ1n) is 9.26. The molecule has 1 aromatic heterocycles. The van der Waals surface area contributed by atoms with E-state index in [2.05, 4.69) is 24.3 Å². The smallest absolute Gasteiger partial charge is 0.321 e. The SMILES string of the molecule is CCC(C)n1ncc(NC(=O)N2CC(C)CC(C(=O)O)C2)c1C1CC1. The van der Waals surface area contributed by atoms with Crippen LogP contribution in [0.15, 0.2) is 6.20 Å². The van der Waals surface area contributed by atoms with Crippen LogP contribution >= 0.6 is 0 Å². The van der Waals surface area contributed by atoms with E-state index >= 15 is 0 Å². The van der Waals surface area contributed by atoms with Crippen molar-refractivity contribution in [2.45, 2.75) is 58.4 Å². The van der Waals surface area contributed by atoms with Crippen LogP contribution in [0.3, 0.4) is 0 Å². The molecule has 3 rings (SSSR count). The van der Waals surface area contributed by atoms with Crippen molar-refractivity contribution in [3.63, 3.8) is 0 Å². The Morgan fingerprint density at radius 2 is 2.12 bits per heavy atom. The topological polar surface area (TPSA) is 87.5 Å². The van der Waals surface area contributed by atoms with Gasteiger partial charge in [0.25, 0.3) is 0 Å². The number of aliphatic carboxylic acids is 1. The Bertz CT molecular complexity index is 653. The highest BCUT2D eigenvalue weighted by atomic mass is 16.4. The van der Waals surface area contributed by atoms with Crippen LogP contribution in [0.4, 0.5) is 10.5 Å². The fourth-order valence-electron chi connectivity index (χ4n) is 3.65. The molecule has 1 saturated carbocycles. The number of carbonyl (C=O) groups is 2. The molecule has 7 nitrogen and oxygen atoms in total. The van der Waals surface area contributed by atoms with Crippen LogP contribution < -0.4 is 5.32 Å². The number of carboxylic acid groups (broad SMARTS) is 1. The number of aromatic nitrogens is 2. The standard InChI is InChI=1S/C18H28N4O3/c1-4-12(3)22-16(13-5-6-13)15(8-19-22)20-18(25)21-9-11(2)7-14(10-21)17(23)24/h8,11-14H,4-7,9-10H2,1-3H3,(H,20,25)(H,23,24). The lowest BCUT2D eigenvalue weighted by atomic mass is 9.91. The van der Waals surface area contributed by atoms with E-state index < -0.39 is 11.9 Å². The zero-order valence-corrected chi connectivity index (χ0v) is 15.2. The van der Waals surface area contributed by atoms with Gasteiger partial charge in [0.15, 0.2) is 0 Å². The molecule has 0 aromatic carbocycles. The Morgan fingerprint density at radius 3 is 2.72 bits per heavy atom. The van der Waals surface area contributed by atoms with E-state index in [1.165, 1.54) is 0 Å². The van der Waals surface area contributed by atoms with Crippen molar-refractivity contribution in [1.82, 2.24) is 14.7 Å². The normalized spacial score (nSPS) is 24.8. The molecule has 1 aliphatic heterocycles. The highest BCUT2D eigenvalue weighted by Crippen LogP contribution is 2.44. The Hall–Kier alpha value is -2.05. The molecule has 138 valence electrons. The molecule has 0 radical (unpaired) electrons. The van der Waals surface area contributed by atoms with Gasteiger partial charge in [0.1, 0.15) is 0 Å². The summed E-state index contributed by atoms with van der Waals surface area (Å²) < 4.78 is 2.03. The maximum atomic E-state index is 12.7. The van der Waals surface area contributed by atoms with Gasteiger partial charge in [-0.15, -0.1) is 0 Å². The van der Waals surface area contributed by atoms with Crippen molar-refractivity contribution in [3.05, 3.63) is 11.9 Å². The fourth-order valence-corrected chi connectivity index (χ4v) is 3.65. The molecule has 2 aliphatic rings. The number of hydrogen-bond donors (Lipinski definition) is 2. The highest BCUT2D eigenvalue weighted by Gasteiger charge is 2.34. The quantitative estimate of drug-likeness (QED) is 0.854. The van der Waals surface area contributed by atoms with Gasteiger partial charge in [0, 0.05) is 25.0 Å². The van der Waals surface area contributed by atoms with E-state index in [1.54, 1.807) is 11.1 Å². The number of rotatable bonds is 5. The lowest BCUT2D eigenvalue weighted by molar-refractivity contribution is -0.143. The van der Waals surface area contributed by atoms with E-state index in [9.17, 15) is 14.7 Å². The number of likely N-dealkylation sites (tertiary alicyclic amines) is 1. The third kappa shape index (κ3) is 3.80. The minimum atomic E-state index is -0.826. The van der Waals surface area contributed by atoms with Crippen LogP contribution in [0.1, 0.15) is 64.1 Å². The molecule has 1 saturated heterocycles. The Morgan fingerprint density at radius 1 is 1.40 bits per heavy atom. The molecule has 1 aromatic rings. The third-order valence-corrected chi connectivity index (χ3v) is 5.34. The van der Waals surface area contributed by atoms with E-state index in [4.69, 9.17) is 0 Å². The number of piperidine rings is 1. The van der Waals surface area contributed by atoms with Gasteiger partial charge >= 0.3 is 12.0 Å². The molecule has 2 amide bonds. The lowest BCUT2D eigenvalue weighted by Crippen LogP contribution is -2.47. The predicted molar refractivity (Wildman–Crippen MR) is 94.7 cm³/mol. The molecule has 25 heavy (non-hydrogen) atoms. The third-order valence-electron chi connectivity index (χ3n) is 5.34. The van der Waals surface area contributed by atoms with Crippen LogP contribution in [0.25, 0.3) is 0 Å². The van der Waals surface area contributed by atoms with E-state index in [-0.39, 0.29) is 18.5 Å². The summed E-state index contributed by atoms with van der Waals surface area (Å²) in [5.41, 5.74) is 1.89. The number of nitrogens with zero attached hydrogens (tertiary/aromatic N) is 3. The van der Waals surface area contributed by atoms with Crippen molar-refractivity contribution < 1.29 is 14.7 Å². The zero-order chi connectivity index (χ0) is 18.1. The maximum Gasteiger partial charge on any atom is 0.321 e. The molecular formula is C18H28N4O3. The van der Waals surface area contributed by atoms with Crippen molar-refractivity contribution in [2.24, 2.45) is 11.8 Å². The second kappa shape index (κ2) is 7.06. The fraction of sp³-hybridized carbons (Fsp3) is 0.722. The van der Waals surface area contributed by atoms with Crippen LogP contribution in [-0.2, 0) is 4.79 Å². The van der Waals surface area contributed by atoms with Gasteiger partial charge in [-0.25, -0.2) is 4.79 Å². The second-order valence-electron chi connectivity index (χ2n) is 7.63. The van der Waals surface area contributed by atoms with Gasteiger partial charge in [0.2, 0.25) is 0 Å². The van der Waals surface area contributed by atoms with Crippen LogP contribution in [0.5, 0.6) is 0 Å². The molecule has 2 heterocycles. The molecule has 7 heteroatoms. The van der Waals surface area contributed by atoms with Crippen molar-refractivity contribution >= 4 is 17.7 Å². The van der Waals surface area contributed by atoms with Gasteiger partial charge < -0.3 is 15.3 Å². The monoisotopic (exact) mass is 348 g/mol. The molecule has 2 fully saturated rings. The summed E-state index contributed by atoms with van der Waals surface area (Å²) >= 11 is 0. The Labute approximate surface area is 148 Å². The predicted octanol–water partition coefficient (Wildman–Crippen LogP) is 3.31. The second-order valence-corrected chi connectivity index (χ2v) is 7.63. The summed E-state index contributed by atoms with van der Waals surface area (Å²) in [4.78, 5) is 25.7. The van der Waals surface area contributed by atoms with Crippen LogP contribution in [0.2, 0.25) is 0 Å². The van der Waals surface area contributed by atoms with E-state index in [1.807, 2.05) is 11.6 Å². The maximum absolute atomic E-state index is 12.7. The van der Waals surface area contributed by atoms with Crippen molar-refractivity contribution in [1.29, 1.82) is 0 Å². The minimum Gasteiger partial charge on any atom is -0.481 e. The Kier molecular flexibility index (Phi) is 5.01. The molecule has 0 spiro atoms. The number of amides is 2. The van der Waals surface area contributed by atoms with E-state index in [0.717, 1.165) is 30.6 Å². The average Bonchev–Trinajstić information content (AvgIpc) is 3.34. The highest BCUT2D eigenvalue weighted by molar-refractivity contribution is 5.90. The first-order valence-corrected chi connectivity index (χ1v) is 9.26. The number of carbonyl (C=O) groups excluding carboxylic acids is 1. The number of hydrogen-bond acceptors (Lipinski definition) is 3. The molecule has 2 N–H and O–H groups in total. The number of anilines is 1. The molecule has 3 unspecified atom stereocenters. The average molecular weight is 348 g/mol. The number of carboxylic acids is 1. The molecule has 0 bridgehead atoms. The number of nitrogens with one attached hydrogen (secondary N) is 1. The lowest BCUT2D eigenvalue weighted by Gasteiger charge is -2.34. The molecule has 3 atom stereocenters. The van der Waals surface area contributed by atoms with Gasteiger partial charge in [0.05, 0.1) is 23.5 Å². The molecule has 1 aliphatic carbocycles. The van der Waals surface area contributed by atoms with Gasteiger partial charge in [-0.2, -0.15) is 5.10 Å². The van der Waals surface area contributed by atoms with Gasteiger partial charge in [-0.1, -0.05) is 13.8 Å². The van der Waals surface area contributed by atoms with Crippen LogP contribution in [-0.4, -0.2) is 44.9 Å².